The molecule has 0 N–H and O–H groups in total. The summed E-state index contributed by atoms with van der Waals surface area (Å²) in [4.78, 5) is 0. The van der Waals surface area contributed by atoms with Gasteiger partial charge in [0.05, 0.1) is 16.6 Å². The zero-order chi connectivity index (χ0) is 18.5. The Hall–Kier alpha value is -3.78. The van der Waals surface area contributed by atoms with Crippen LogP contribution in [0.5, 0.6) is 0 Å². The lowest BCUT2D eigenvalue weighted by molar-refractivity contribution is 1.13. The van der Waals surface area contributed by atoms with E-state index < -0.39 is 0 Å². The summed E-state index contributed by atoms with van der Waals surface area (Å²) in [5.74, 6) is 0. The van der Waals surface area contributed by atoms with E-state index in [0.29, 0.717) is 0 Å². The van der Waals surface area contributed by atoms with Crippen LogP contribution in [0.25, 0.3) is 44.1 Å². The average Bonchev–Trinajstić information content (AvgIpc) is 3.34. The normalized spacial score (nSPS) is 11.6. The second-order valence-corrected chi connectivity index (χ2v) is 7.10. The molecule has 0 atom stereocenters. The highest BCUT2D eigenvalue weighted by molar-refractivity contribution is 6.21. The molecule has 0 saturated carbocycles. The van der Waals surface area contributed by atoms with Crippen molar-refractivity contribution in [2.75, 3.05) is 0 Å². The Morgan fingerprint density at radius 2 is 1.04 bits per heavy atom. The molecule has 132 valence electrons. The molecule has 0 fully saturated rings. The van der Waals surface area contributed by atoms with Crippen LogP contribution in [0, 0.1) is 0 Å². The first-order valence-corrected chi connectivity index (χ1v) is 9.56. The Kier molecular flexibility index (Phi) is 3.20. The maximum absolute atomic E-state index is 2.37. The molecule has 4 aromatic carbocycles. The zero-order valence-electron chi connectivity index (χ0n) is 15.3. The summed E-state index contributed by atoms with van der Waals surface area (Å²) in [6.45, 7) is 0. The Labute approximate surface area is 162 Å². The topological polar surface area (TPSA) is 9.86 Å². The van der Waals surface area contributed by atoms with Gasteiger partial charge in [0.2, 0.25) is 0 Å². The second-order valence-electron chi connectivity index (χ2n) is 7.10. The van der Waals surface area contributed by atoms with Crippen molar-refractivity contribution in [3.05, 3.63) is 109 Å². The van der Waals surface area contributed by atoms with Gasteiger partial charge in [-0.2, -0.15) is 0 Å². The highest BCUT2D eigenvalue weighted by Crippen LogP contribution is 2.37. The van der Waals surface area contributed by atoms with Crippen LogP contribution in [0.15, 0.2) is 109 Å². The van der Waals surface area contributed by atoms with Crippen molar-refractivity contribution in [3.8, 4) is 11.4 Å². The minimum absolute atomic E-state index is 1.18. The molecule has 0 saturated heterocycles. The molecule has 0 aliphatic rings. The van der Waals surface area contributed by atoms with Crippen LogP contribution in [-0.4, -0.2) is 9.13 Å². The van der Waals surface area contributed by atoms with Crippen molar-refractivity contribution in [3.63, 3.8) is 0 Å². The molecule has 28 heavy (non-hydrogen) atoms. The van der Waals surface area contributed by atoms with Crippen LogP contribution in [-0.2, 0) is 0 Å². The van der Waals surface area contributed by atoms with Crippen molar-refractivity contribution < 1.29 is 0 Å². The van der Waals surface area contributed by atoms with E-state index in [2.05, 4.69) is 118 Å². The molecule has 0 radical (unpaired) electrons. The fourth-order valence-corrected chi connectivity index (χ4v) is 4.35. The summed E-state index contributed by atoms with van der Waals surface area (Å²) >= 11 is 0. The smallest absolute Gasteiger partial charge is 0.0548 e. The minimum atomic E-state index is 1.18. The SMILES string of the molecule is c1ccc(-n2ccc3c4c5ccccc5n(-c5ccccc5)c4ccc32)cc1. The van der Waals surface area contributed by atoms with Crippen LogP contribution in [0.2, 0.25) is 0 Å². The predicted molar refractivity (Wildman–Crippen MR) is 118 cm³/mol. The lowest BCUT2D eigenvalue weighted by atomic mass is 10.1. The molecule has 0 bridgehead atoms. The van der Waals surface area contributed by atoms with Crippen molar-refractivity contribution >= 4 is 32.7 Å². The molecule has 0 unspecified atom stereocenters. The van der Waals surface area contributed by atoms with E-state index in [1.807, 2.05) is 0 Å². The van der Waals surface area contributed by atoms with Crippen LogP contribution < -0.4 is 0 Å². The first kappa shape index (κ1) is 15.3. The van der Waals surface area contributed by atoms with Gasteiger partial charge in [0.1, 0.15) is 0 Å². The molecule has 6 rings (SSSR count). The fourth-order valence-electron chi connectivity index (χ4n) is 4.35. The number of benzene rings is 4. The number of para-hydroxylation sites is 3. The van der Waals surface area contributed by atoms with E-state index >= 15 is 0 Å². The van der Waals surface area contributed by atoms with Crippen molar-refractivity contribution in [1.82, 2.24) is 9.13 Å². The van der Waals surface area contributed by atoms with Gasteiger partial charge in [-0.15, -0.1) is 0 Å². The van der Waals surface area contributed by atoms with Gasteiger partial charge in [-0.25, -0.2) is 0 Å². The van der Waals surface area contributed by atoms with E-state index in [1.165, 1.54) is 44.1 Å². The van der Waals surface area contributed by atoms with E-state index in [1.54, 1.807) is 0 Å². The maximum atomic E-state index is 2.37. The van der Waals surface area contributed by atoms with Gasteiger partial charge in [0.15, 0.2) is 0 Å². The second kappa shape index (κ2) is 5.86. The van der Waals surface area contributed by atoms with E-state index in [-0.39, 0.29) is 0 Å². The molecule has 2 heterocycles. The molecular weight excluding hydrogens is 340 g/mol. The number of hydrogen-bond donors (Lipinski definition) is 0. The number of nitrogens with zero attached hydrogens (tertiary/aromatic N) is 2. The van der Waals surface area contributed by atoms with Gasteiger partial charge >= 0.3 is 0 Å². The first-order valence-electron chi connectivity index (χ1n) is 9.56. The number of hydrogen-bond acceptors (Lipinski definition) is 0. The molecule has 2 heteroatoms. The monoisotopic (exact) mass is 358 g/mol. The number of rotatable bonds is 2. The molecule has 6 aromatic rings. The summed E-state index contributed by atoms with van der Waals surface area (Å²) in [6.07, 6.45) is 2.17. The molecule has 0 amide bonds. The van der Waals surface area contributed by atoms with Crippen LogP contribution in [0.3, 0.4) is 0 Å². The maximum Gasteiger partial charge on any atom is 0.0548 e. The summed E-state index contributed by atoms with van der Waals surface area (Å²) < 4.78 is 4.63. The van der Waals surface area contributed by atoms with Gasteiger partial charge in [-0.1, -0.05) is 54.6 Å². The average molecular weight is 358 g/mol. The Bertz CT molecular complexity index is 1440. The third-order valence-electron chi connectivity index (χ3n) is 5.55. The summed E-state index contributed by atoms with van der Waals surface area (Å²) in [7, 11) is 0. The van der Waals surface area contributed by atoms with Gasteiger partial charge in [0, 0.05) is 33.7 Å². The van der Waals surface area contributed by atoms with Crippen molar-refractivity contribution in [2.24, 2.45) is 0 Å². The fraction of sp³-hybridized carbons (Fsp3) is 0. The predicted octanol–water partition coefficient (Wildman–Crippen LogP) is 6.73. The lowest BCUT2D eigenvalue weighted by Gasteiger charge is -2.08. The third-order valence-corrected chi connectivity index (χ3v) is 5.55. The first-order chi connectivity index (χ1) is 13.9. The summed E-state index contributed by atoms with van der Waals surface area (Å²) in [6, 6.07) is 36.6. The summed E-state index contributed by atoms with van der Waals surface area (Å²) in [5, 5.41) is 3.89. The summed E-state index contributed by atoms with van der Waals surface area (Å²) in [5.41, 5.74) is 6.09. The Balaban J connectivity index is 1.76. The van der Waals surface area contributed by atoms with Crippen LogP contribution in [0.4, 0.5) is 0 Å². The quantitative estimate of drug-likeness (QED) is 0.325. The molecular formula is C26H18N2. The standard InChI is InChI=1S/C26H18N2/c1-3-9-19(10-4-1)27-18-17-22-23(27)15-16-25-26(22)21-13-7-8-14-24(21)28(25)20-11-5-2-6-12-20/h1-18H. The zero-order valence-corrected chi connectivity index (χ0v) is 15.3. The largest absolute Gasteiger partial charge is 0.317 e. The van der Waals surface area contributed by atoms with Gasteiger partial charge in [0.25, 0.3) is 0 Å². The molecule has 2 nitrogen and oxygen atoms in total. The highest BCUT2D eigenvalue weighted by atomic mass is 15.0. The van der Waals surface area contributed by atoms with Crippen LogP contribution in [0.1, 0.15) is 0 Å². The third kappa shape index (κ3) is 2.09. The van der Waals surface area contributed by atoms with Gasteiger partial charge in [-0.3, -0.25) is 0 Å². The van der Waals surface area contributed by atoms with Crippen molar-refractivity contribution in [2.45, 2.75) is 0 Å². The van der Waals surface area contributed by atoms with E-state index in [0.717, 1.165) is 0 Å². The molecule has 0 aliphatic carbocycles. The lowest BCUT2D eigenvalue weighted by Crippen LogP contribution is -1.93. The molecule has 0 aliphatic heterocycles. The Morgan fingerprint density at radius 3 is 1.82 bits per heavy atom. The number of fused-ring (bicyclic) bond motifs is 5. The molecule has 2 aromatic heterocycles. The van der Waals surface area contributed by atoms with E-state index in [4.69, 9.17) is 0 Å². The van der Waals surface area contributed by atoms with E-state index in [9.17, 15) is 0 Å². The van der Waals surface area contributed by atoms with Crippen molar-refractivity contribution in [1.29, 1.82) is 0 Å². The molecule has 0 spiro atoms. The van der Waals surface area contributed by atoms with Gasteiger partial charge in [-0.05, 0) is 48.5 Å². The highest BCUT2D eigenvalue weighted by Gasteiger charge is 2.16. The van der Waals surface area contributed by atoms with Crippen LogP contribution >= 0.6 is 0 Å². The van der Waals surface area contributed by atoms with Gasteiger partial charge < -0.3 is 9.13 Å². The number of aromatic nitrogens is 2. The minimum Gasteiger partial charge on any atom is -0.317 e. The Morgan fingerprint density at radius 1 is 0.429 bits per heavy atom.